The third kappa shape index (κ3) is 1.75. The average molecular weight is 197 g/mol. The maximum atomic E-state index is 8.69. The quantitative estimate of drug-likeness (QED) is 0.763. The van der Waals surface area contributed by atoms with Gasteiger partial charge in [-0.3, -0.25) is 5.10 Å². The molecule has 0 aliphatic heterocycles. The number of rotatable bonds is 1. The molecule has 1 aromatic carbocycles. The first-order valence-electron chi connectivity index (χ1n) is 4.74. The Kier molecular flexibility index (Phi) is 2.26. The minimum absolute atomic E-state index is 0.422. The molecule has 0 saturated heterocycles. The zero-order valence-corrected chi connectivity index (χ0v) is 8.70. The van der Waals surface area contributed by atoms with Gasteiger partial charge in [-0.05, 0) is 25.5 Å². The third-order valence-electron chi connectivity index (χ3n) is 2.38. The molecule has 0 unspecified atom stereocenters. The lowest BCUT2D eigenvalue weighted by Crippen LogP contribution is -1.84. The van der Waals surface area contributed by atoms with Crippen LogP contribution in [0.4, 0.5) is 0 Å². The van der Waals surface area contributed by atoms with Crippen LogP contribution in [-0.4, -0.2) is 10.2 Å². The minimum atomic E-state index is 0.422. The molecule has 0 fully saturated rings. The lowest BCUT2D eigenvalue weighted by molar-refractivity contribution is 1.07. The van der Waals surface area contributed by atoms with Crippen LogP contribution in [0.5, 0.6) is 0 Å². The van der Waals surface area contributed by atoms with Crippen molar-refractivity contribution in [2.45, 2.75) is 13.8 Å². The maximum absolute atomic E-state index is 8.69. The number of hydrogen-bond acceptors (Lipinski definition) is 2. The summed E-state index contributed by atoms with van der Waals surface area (Å²) in [6, 6.07) is 10.00. The monoisotopic (exact) mass is 197 g/mol. The molecule has 2 rings (SSSR count). The van der Waals surface area contributed by atoms with Crippen LogP contribution in [0.3, 0.4) is 0 Å². The molecular weight excluding hydrogens is 186 g/mol. The summed E-state index contributed by atoms with van der Waals surface area (Å²) in [7, 11) is 0. The van der Waals surface area contributed by atoms with Gasteiger partial charge in [0.1, 0.15) is 6.07 Å². The highest BCUT2D eigenvalue weighted by Crippen LogP contribution is 2.22. The predicted molar refractivity (Wildman–Crippen MR) is 58.2 cm³/mol. The minimum Gasteiger partial charge on any atom is -0.277 e. The smallest absolute Gasteiger partial charge is 0.162 e. The fourth-order valence-corrected chi connectivity index (χ4v) is 1.54. The Morgan fingerprint density at radius 1 is 1.27 bits per heavy atom. The predicted octanol–water partition coefficient (Wildman–Crippen LogP) is 2.57. The van der Waals surface area contributed by atoms with E-state index in [1.54, 1.807) is 6.07 Å². The summed E-state index contributed by atoms with van der Waals surface area (Å²) >= 11 is 0. The average Bonchev–Trinajstić information content (AvgIpc) is 2.70. The summed E-state index contributed by atoms with van der Waals surface area (Å²) in [4.78, 5) is 0. The van der Waals surface area contributed by atoms with Gasteiger partial charge >= 0.3 is 0 Å². The van der Waals surface area contributed by atoms with E-state index < -0.39 is 0 Å². The second-order valence-corrected chi connectivity index (χ2v) is 3.60. The zero-order chi connectivity index (χ0) is 10.8. The summed E-state index contributed by atoms with van der Waals surface area (Å²) in [6.07, 6.45) is 0. The van der Waals surface area contributed by atoms with E-state index in [-0.39, 0.29) is 0 Å². The summed E-state index contributed by atoms with van der Waals surface area (Å²) in [5.74, 6) is 0. The molecule has 0 radical (unpaired) electrons. The number of benzene rings is 1. The normalized spacial score (nSPS) is 9.93. The maximum Gasteiger partial charge on any atom is 0.162 e. The summed E-state index contributed by atoms with van der Waals surface area (Å²) in [5.41, 5.74) is 4.79. The first kappa shape index (κ1) is 9.47. The van der Waals surface area contributed by atoms with E-state index in [2.05, 4.69) is 28.4 Å². The van der Waals surface area contributed by atoms with Gasteiger partial charge in [-0.25, -0.2) is 0 Å². The van der Waals surface area contributed by atoms with Crippen LogP contribution in [0, 0.1) is 25.2 Å². The second-order valence-electron chi connectivity index (χ2n) is 3.60. The fourth-order valence-electron chi connectivity index (χ4n) is 1.54. The van der Waals surface area contributed by atoms with Gasteiger partial charge in [0.05, 0.1) is 5.69 Å². The summed E-state index contributed by atoms with van der Waals surface area (Å²) in [6.45, 7) is 4.09. The largest absolute Gasteiger partial charge is 0.277 e. The highest BCUT2D eigenvalue weighted by Gasteiger charge is 2.05. The molecule has 0 aliphatic rings. The van der Waals surface area contributed by atoms with Crippen LogP contribution in [-0.2, 0) is 0 Å². The van der Waals surface area contributed by atoms with Crippen molar-refractivity contribution in [3.63, 3.8) is 0 Å². The van der Waals surface area contributed by atoms with Gasteiger partial charge in [0.25, 0.3) is 0 Å². The van der Waals surface area contributed by atoms with Gasteiger partial charge in [0, 0.05) is 11.6 Å². The molecule has 0 amide bonds. The van der Waals surface area contributed by atoms with Crippen molar-refractivity contribution in [3.05, 3.63) is 41.1 Å². The Bertz CT molecular complexity index is 532. The second kappa shape index (κ2) is 3.58. The van der Waals surface area contributed by atoms with Crippen LogP contribution in [0.25, 0.3) is 11.3 Å². The molecule has 1 heterocycles. The Hall–Kier alpha value is -2.08. The molecule has 0 bridgehead atoms. The van der Waals surface area contributed by atoms with E-state index in [0.717, 1.165) is 11.3 Å². The molecule has 0 saturated carbocycles. The van der Waals surface area contributed by atoms with Crippen molar-refractivity contribution in [2.24, 2.45) is 0 Å². The van der Waals surface area contributed by atoms with Gasteiger partial charge < -0.3 is 0 Å². The summed E-state index contributed by atoms with van der Waals surface area (Å²) in [5, 5.41) is 15.5. The van der Waals surface area contributed by atoms with Gasteiger partial charge in [-0.2, -0.15) is 10.4 Å². The molecule has 74 valence electrons. The van der Waals surface area contributed by atoms with Crippen molar-refractivity contribution in [1.82, 2.24) is 10.2 Å². The number of nitrogens with zero attached hydrogens (tertiary/aromatic N) is 2. The summed E-state index contributed by atoms with van der Waals surface area (Å²) < 4.78 is 0. The van der Waals surface area contributed by atoms with Crippen molar-refractivity contribution < 1.29 is 0 Å². The van der Waals surface area contributed by atoms with E-state index in [1.807, 2.05) is 19.9 Å². The lowest BCUT2D eigenvalue weighted by Gasteiger charge is -2.03. The van der Waals surface area contributed by atoms with Gasteiger partial charge in [0.2, 0.25) is 0 Å². The molecule has 1 N–H and O–H groups in total. The molecular formula is C12H11N3. The zero-order valence-electron chi connectivity index (χ0n) is 8.70. The van der Waals surface area contributed by atoms with E-state index in [9.17, 15) is 0 Å². The molecule has 0 aliphatic carbocycles. The number of nitrogens with one attached hydrogen (secondary N) is 1. The van der Waals surface area contributed by atoms with Crippen LogP contribution < -0.4 is 0 Å². The first-order chi connectivity index (χ1) is 7.20. The first-order valence-corrected chi connectivity index (χ1v) is 4.74. The van der Waals surface area contributed by atoms with Crippen molar-refractivity contribution in [1.29, 1.82) is 5.26 Å². The molecule has 0 spiro atoms. The van der Waals surface area contributed by atoms with Crippen LogP contribution >= 0.6 is 0 Å². The number of H-pyrrole nitrogens is 1. The van der Waals surface area contributed by atoms with Crippen molar-refractivity contribution >= 4 is 0 Å². The van der Waals surface area contributed by atoms with Gasteiger partial charge in [-0.1, -0.05) is 17.7 Å². The lowest BCUT2D eigenvalue weighted by atomic mass is 10.0. The molecule has 2 aromatic rings. The van der Waals surface area contributed by atoms with Gasteiger partial charge in [0.15, 0.2) is 5.69 Å². The number of aryl methyl sites for hydroxylation is 2. The Morgan fingerprint density at radius 2 is 2.07 bits per heavy atom. The molecule has 0 atom stereocenters. The van der Waals surface area contributed by atoms with Crippen LogP contribution in [0.1, 0.15) is 16.8 Å². The third-order valence-corrected chi connectivity index (χ3v) is 2.38. The Labute approximate surface area is 88.4 Å². The Morgan fingerprint density at radius 3 is 2.73 bits per heavy atom. The molecule has 3 heteroatoms. The number of hydrogen-bond donors (Lipinski definition) is 1. The van der Waals surface area contributed by atoms with E-state index in [4.69, 9.17) is 5.26 Å². The highest BCUT2D eigenvalue weighted by molar-refractivity contribution is 5.65. The van der Waals surface area contributed by atoms with E-state index >= 15 is 0 Å². The number of aromatic amines is 1. The standard InChI is InChI=1S/C12H11N3/c1-8-3-4-9(2)11(5-8)12-6-10(7-13)14-15-12/h3-6H,1-2H3,(H,14,15). The van der Waals surface area contributed by atoms with E-state index in [0.29, 0.717) is 5.69 Å². The fraction of sp³-hybridized carbons (Fsp3) is 0.167. The van der Waals surface area contributed by atoms with Crippen molar-refractivity contribution in [3.8, 4) is 17.3 Å². The molecule has 3 nitrogen and oxygen atoms in total. The number of aromatic nitrogens is 2. The number of nitriles is 1. The highest BCUT2D eigenvalue weighted by atomic mass is 15.1. The molecule has 1 aromatic heterocycles. The topological polar surface area (TPSA) is 52.5 Å². The molecule has 15 heavy (non-hydrogen) atoms. The van der Waals surface area contributed by atoms with Crippen LogP contribution in [0.2, 0.25) is 0 Å². The SMILES string of the molecule is Cc1ccc(C)c(-c2cc(C#N)n[nH]2)c1. The van der Waals surface area contributed by atoms with Crippen molar-refractivity contribution in [2.75, 3.05) is 0 Å². The Balaban J connectivity index is 2.54. The van der Waals surface area contributed by atoms with Gasteiger partial charge in [-0.15, -0.1) is 0 Å². The van der Waals surface area contributed by atoms with E-state index in [1.165, 1.54) is 11.1 Å². The van der Waals surface area contributed by atoms with Crippen LogP contribution in [0.15, 0.2) is 24.3 Å².